The van der Waals surface area contributed by atoms with Crippen molar-refractivity contribution in [3.05, 3.63) is 47.9 Å². The number of anilines is 1. The van der Waals surface area contributed by atoms with Gasteiger partial charge in [-0.3, -0.25) is 0 Å². The number of ether oxygens (including phenoxy) is 1. The fourth-order valence-corrected chi connectivity index (χ4v) is 1.77. The van der Waals surface area contributed by atoms with Crippen molar-refractivity contribution < 1.29 is 9.15 Å². The fourth-order valence-electron chi connectivity index (χ4n) is 1.77. The SMILES string of the molecule is COc1ccc(N[C@H](C)c2ccco2)c(C)c1. The molecular weight excluding hydrogens is 214 g/mol. The molecule has 0 aliphatic heterocycles. The Morgan fingerprint density at radius 3 is 2.71 bits per heavy atom. The molecule has 1 atom stereocenters. The molecule has 0 fully saturated rings. The molecule has 0 saturated carbocycles. The van der Waals surface area contributed by atoms with E-state index in [0.717, 1.165) is 22.8 Å². The predicted molar refractivity (Wildman–Crippen MR) is 68.5 cm³/mol. The van der Waals surface area contributed by atoms with Gasteiger partial charge in [0, 0.05) is 5.69 Å². The molecule has 1 heterocycles. The molecule has 17 heavy (non-hydrogen) atoms. The maximum absolute atomic E-state index is 5.37. The number of rotatable bonds is 4. The van der Waals surface area contributed by atoms with Crippen molar-refractivity contribution in [1.29, 1.82) is 0 Å². The minimum atomic E-state index is 0.150. The van der Waals surface area contributed by atoms with Crippen LogP contribution < -0.4 is 10.1 Å². The van der Waals surface area contributed by atoms with Crippen molar-refractivity contribution in [3.8, 4) is 5.75 Å². The van der Waals surface area contributed by atoms with E-state index in [9.17, 15) is 0 Å². The second-order valence-corrected chi connectivity index (χ2v) is 4.06. The van der Waals surface area contributed by atoms with Crippen molar-refractivity contribution in [3.63, 3.8) is 0 Å². The van der Waals surface area contributed by atoms with Gasteiger partial charge in [-0.1, -0.05) is 0 Å². The molecule has 1 N–H and O–H groups in total. The quantitative estimate of drug-likeness (QED) is 0.869. The van der Waals surface area contributed by atoms with E-state index >= 15 is 0 Å². The number of methoxy groups -OCH3 is 1. The van der Waals surface area contributed by atoms with Crippen molar-refractivity contribution >= 4 is 5.69 Å². The topological polar surface area (TPSA) is 34.4 Å². The lowest BCUT2D eigenvalue weighted by Crippen LogP contribution is -2.06. The number of hydrogen-bond acceptors (Lipinski definition) is 3. The zero-order valence-electron chi connectivity index (χ0n) is 10.4. The van der Waals surface area contributed by atoms with Crippen molar-refractivity contribution in [2.24, 2.45) is 0 Å². The van der Waals surface area contributed by atoms with Crippen LogP contribution in [0.1, 0.15) is 24.3 Å². The second-order valence-electron chi connectivity index (χ2n) is 4.06. The third kappa shape index (κ3) is 2.61. The smallest absolute Gasteiger partial charge is 0.125 e. The zero-order chi connectivity index (χ0) is 12.3. The Bertz CT molecular complexity index is 477. The predicted octanol–water partition coefficient (Wildman–Crippen LogP) is 3.77. The van der Waals surface area contributed by atoms with E-state index in [-0.39, 0.29) is 6.04 Å². The minimum absolute atomic E-state index is 0.150. The maximum atomic E-state index is 5.37. The highest BCUT2D eigenvalue weighted by Crippen LogP contribution is 2.25. The average molecular weight is 231 g/mol. The van der Waals surface area contributed by atoms with Gasteiger partial charge in [0.1, 0.15) is 11.5 Å². The maximum Gasteiger partial charge on any atom is 0.125 e. The van der Waals surface area contributed by atoms with Crippen LogP contribution in [0, 0.1) is 6.92 Å². The summed E-state index contributed by atoms with van der Waals surface area (Å²) in [6.07, 6.45) is 1.69. The van der Waals surface area contributed by atoms with Crippen LogP contribution in [0.3, 0.4) is 0 Å². The van der Waals surface area contributed by atoms with Gasteiger partial charge in [-0.15, -0.1) is 0 Å². The lowest BCUT2D eigenvalue weighted by atomic mass is 10.1. The standard InChI is InChI=1S/C14H17NO2/c1-10-9-12(16-3)6-7-13(10)15-11(2)14-5-4-8-17-14/h4-9,11,15H,1-3H3/t11-/m1/s1. The summed E-state index contributed by atoms with van der Waals surface area (Å²) >= 11 is 0. The molecule has 0 unspecified atom stereocenters. The number of furan rings is 1. The van der Waals surface area contributed by atoms with Gasteiger partial charge in [0.2, 0.25) is 0 Å². The molecule has 0 radical (unpaired) electrons. The molecule has 0 aliphatic carbocycles. The molecule has 90 valence electrons. The molecule has 2 aromatic rings. The number of hydrogen-bond donors (Lipinski definition) is 1. The third-order valence-corrected chi connectivity index (χ3v) is 2.78. The largest absolute Gasteiger partial charge is 0.497 e. The van der Waals surface area contributed by atoms with Crippen LogP contribution in [0.2, 0.25) is 0 Å². The number of nitrogens with one attached hydrogen (secondary N) is 1. The van der Waals surface area contributed by atoms with Gasteiger partial charge in [-0.2, -0.15) is 0 Å². The summed E-state index contributed by atoms with van der Waals surface area (Å²) in [7, 11) is 1.67. The van der Waals surface area contributed by atoms with E-state index in [4.69, 9.17) is 9.15 Å². The van der Waals surface area contributed by atoms with Gasteiger partial charge < -0.3 is 14.5 Å². The molecule has 0 saturated heterocycles. The van der Waals surface area contributed by atoms with E-state index < -0.39 is 0 Å². The Balaban J connectivity index is 2.13. The zero-order valence-corrected chi connectivity index (χ0v) is 10.4. The number of benzene rings is 1. The van der Waals surface area contributed by atoms with Gasteiger partial charge in [-0.25, -0.2) is 0 Å². The van der Waals surface area contributed by atoms with Gasteiger partial charge >= 0.3 is 0 Å². The molecule has 0 bridgehead atoms. The first-order chi connectivity index (χ1) is 8.20. The van der Waals surface area contributed by atoms with E-state index in [1.54, 1.807) is 13.4 Å². The minimum Gasteiger partial charge on any atom is -0.497 e. The summed E-state index contributed by atoms with van der Waals surface area (Å²) in [4.78, 5) is 0. The Kier molecular flexibility index (Phi) is 3.38. The second kappa shape index (κ2) is 4.95. The molecule has 3 heteroatoms. The van der Waals surface area contributed by atoms with Crippen LogP contribution in [0.25, 0.3) is 0 Å². The van der Waals surface area contributed by atoms with Gasteiger partial charge in [0.25, 0.3) is 0 Å². The molecule has 2 rings (SSSR count). The number of aryl methyl sites for hydroxylation is 1. The molecule has 0 aliphatic rings. The van der Waals surface area contributed by atoms with E-state index in [2.05, 4.69) is 19.2 Å². The monoisotopic (exact) mass is 231 g/mol. The van der Waals surface area contributed by atoms with E-state index in [0.29, 0.717) is 0 Å². The highest BCUT2D eigenvalue weighted by atomic mass is 16.5. The molecule has 1 aromatic carbocycles. The van der Waals surface area contributed by atoms with Gasteiger partial charge in [-0.05, 0) is 49.7 Å². The van der Waals surface area contributed by atoms with Crippen molar-refractivity contribution in [2.45, 2.75) is 19.9 Å². The van der Waals surface area contributed by atoms with Gasteiger partial charge in [0.15, 0.2) is 0 Å². The highest BCUT2D eigenvalue weighted by molar-refractivity contribution is 5.54. The van der Waals surface area contributed by atoms with Crippen LogP contribution >= 0.6 is 0 Å². The molecule has 3 nitrogen and oxygen atoms in total. The van der Waals surface area contributed by atoms with Crippen molar-refractivity contribution in [1.82, 2.24) is 0 Å². The first-order valence-electron chi connectivity index (χ1n) is 5.65. The van der Waals surface area contributed by atoms with Gasteiger partial charge in [0.05, 0.1) is 19.4 Å². The first kappa shape index (κ1) is 11.6. The highest BCUT2D eigenvalue weighted by Gasteiger charge is 2.09. The Morgan fingerprint density at radius 1 is 1.29 bits per heavy atom. The van der Waals surface area contributed by atoms with E-state index in [1.165, 1.54) is 0 Å². The Hall–Kier alpha value is -1.90. The lowest BCUT2D eigenvalue weighted by molar-refractivity contribution is 0.414. The van der Waals surface area contributed by atoms with Crippen LogP contribution in [0.5, 0.6) is 5.75 Å². The summed E-state index contributed by atoms with van der Waals surface area (Å²) < 4.78 is 10.5. The summed E-state index contributed by atoms with van der Waals surface area (Å²) in [6.45, 7) is 4.13. The van der Waals surface area contributed by atoms with Crippen LogP contribution in [0.15, 0.2) is 41.0 Å². The fraction of sp³-hybridized carbons (Fsp3) is 0.286. The summed E-state index contributed by atoms with van der Waals surface area (Å²) in [5.41, 5.74) is 2.25. The van der Waals surface area contributed by atoms with E-state index in [1.807, 2.05) is 30.3 Å². The molecule has 1 aromatic heterocycles. The van der Waals surface area contributed by atoms with Crippen LogP contribution in [-0.4, -0.2) is 7.11 Å². The summed E-state index contributed by atoms with van der Waals surface area (Å²) in [6, 6.07) is 10.00. The third-order valence-electron chi connectivity index (χ3n) is 2.78. The molecule has 0 amide bonds. The van der Waals surface area contributed by atoms with Crippen LogP contribution in [0.4, 0.5) is 5.69 Å². The Morgan fingerprint density at radius 2 is 2.12 bits per heavy atom. The summed E-state index contributed by atoms with van der Waals surface area (Å²) in [5.74, 6) is 1.80. The van der Waals surface area contributed by atoms with Crippen molar-refractivity contribution in [2.75, 3.05) is 12.4 Å². The lowest BCUT2D eigenvalue weighted by Gasteiger charge is -2.15. The average Bonchev–Trinajstić information content (AvgIpc) is 2.85. The normalized spacial score (nSPS) is 12.2. The summed E-state index contributed by atoms with van der Waals surface area (Å²) in [5, 5.41) is 3.41. The van der Waals surface area contributed by atoms with Crippen LogP contribution in [-0.2, 0) is 0 Å². The molecular formula is C14H17NO2. The Labute approximate surface area is 101 Å². The molecule has 0 spiro atoms. The first-order valence-corrected chi connectivity index (χ1v) is 5.65.